The summed E-state index contributed by atoms with van der Waals surface area (Å²) in [6.45, 7) is 2.43. The Morgan fingerprint density at radius 1 is 1.56 bits per heavy atom. The number of carbonyl (C=O) groups is 2. The van der Waals surface area contributed by atoms with Crippen molar-refractivity contribution >= 4 is 11.8 Å². The smallest absolute Gasteiger partial charge is 0.243 e. The molecule has 0 bridgehead atoms. The van der Waals surface area contributed by atoms with Crippen LogP contribution in [0.15, 0.2) is 0 Å². The van der Waals surface area contributed by atoms with Crippen LogP contribution < -0.4 is 16.4 Å². The summed E-state index contributed by atoms with van der Waals surface area (Å²) in [5.41, 5.74) is 5.42. The monoisotopic (exact) mass is 225 g/mol. The maximum absolute atomic E-state index is 11.9. The lowest BCUT2D eigenvalue weighted by atomic mass is 9.95. The summed E-state index contributed by atoms with van der Waals surface area (Å²) in [4.78, 5) is 22.9. The van der Waals surface area contributed by atoms with E-state index in [9.17, 15) is 9.59 Å². The zero-order chi connectivity index (χ0) is 11.8. The van der Waals surface area contributed by atoms with E-state index in [-0.39, 0.29) is 23.4 Å². The molecule has 1 heterocycles. The fourth-order valence-corrected chi connectivity index (χ4v) is 2.22. The number of nitrogens with two attached hydrogens (primary N) is 1. The first-order valence-electron chi connectivity index (χ1n) is 5.86. The minimum absolute atomic E-state index is 0.0407. The summed E-state index contributed by atoms with van der Waals surface area (Å²) in [5.74, 6) is 0.366. The van der Waals surface area contributed by atoms with Crippen molar-refractivity contribution in [3.05, 3.63) is 0 Å². The van der Waals surface area contributed by atoms with E-state index in [0.29, 0.717) is 25.3 Å². The largest absolute Gasteiger partial charge is 0.348 e. The Labute approximate surface area is 95.1 Å². The highest BCUT2D eigenvalue weighted by Crippen LogP contribution is 2.39. The standard InChI is InChI=1S/C11H19N3O2/c1-11(6-12,7-2-3-7)14-10(16)8-4-5-9(15)13-8/h7-8H,2-6,12H2,1H3,(H,13,15)(H,14,16)/t8-,11?/m0/s1. The van der Waals surface area contributed by atoms with Crippen LogP contribution in [0.4, 0.5) is 0 Å². The molecule has 0 aromatic carbocycles. The normalized spacial score (nSPS) is 28.4. The van der Waals surface area contributed by atoms with Crippen molar-refractivity contribution in [1.82, 2.24) is 10.6 Å². The number of rotatable bonds is 4. The van der Waals surface area contributed by atoms with Crippen molar-refractivity contribution in [2.75, 3.05) is 6.54 Å². The van der Waals surface area contributed by atoms with Crippen LogP contribution >= 0.6 is 0 Å². The molecule has 90 valence electrons. The lowest BCUT2D eigenvalue weighted by Gasteiger charge is -2.30. The molecular formula is C11H19N3O2. The first-order valence-corrected chi connectivity index (χ1v) is 5.86. The molecule has 1 unspecified atom stereocenters. The third-order valence-electron chi connectivity index (χ3n) is 3.62. The Morgan fingerprint density at radius 3 is 2.69 bits per heavy atom. The first-order chi connectivity index (χ1) is 7.55. The Kier molecular flexibility index (Phi) is 2.88. The van der Waals surface area contributed by atoms with Gasteiger partial charge in [0, 0.05) is 13.0 Å². The van der Waals surface area contributed by atoms with Crippen LogP contribution in [0.2, 0.25) is 0 Å². The average molecular weight is 225 g/mol. The van der Waals surface area contributed by atoms with Gasteiger partial charge < -0.3 is 16.4 Å². The van der Waals surface area contributed by atoms with Gasteiger partial charge in [0.05, 0.1) is 5.54 Å². The van der Waals surface area contributed by atoms with Crippen molar-refractivity contribution in [3.63, 3.8) is 0 Å². The van der Waals surface area contributed by atoms with Crippen molar-refractivity contribution in [1.29, 1.82) is 0 Å². The fourth-order valence-electron chi connectivity index (χ4n) is 2.22. The van der Waals surface area contributed by atoms with Gasteiger partial charge in [-0.1, -0.05) is 0 Å². The van der Waals surface area contributed by atoms with Gasteiger partial charge in [0.1, 0.15) is 6.04 Å². The highest BCUT2D eigenvalue weighted by molar-refractivity contribution is 5.91. The molecule has 1 aliphatic carbocycles. The third kappa shape index (κ3) is 2.19. The number of carbonyl (C=O) groups excluding carboxylic acids is 2. The van der Waals surface area contributed by atoms with Gasteiger partial charge in [-0.2, -0.15) is 0 Å². The summed E-state index contributed by atoms with van der Waals surface area (Å²) in [5, 5.41) is 5.66. The zero-order valence-corrected chi connectivity index (χ0v) is 9.58. The zero-order valence-electron chi connectivity index (χ0n) is 9.58. The quantitative estimate of drug-likeness (QED) is 0.603. The van der Waals surface area contributed by atoms with E-state index in [4.69, 9.17) is 5.73 Å². The van der Waals surface area contributed by atoms with Gasteiger partial charge in [-0.05, 0) is 32.1 Å². The fraction of sp³-hybridized carbons (Fsp3) is 0.818. The van der Waals surface area contributed by atoms with Gasteiger partial charge >= 0.3 is 0 Å². The van der Waals surface area contributed by atoms with Gasteiger partial charge in [-0.3, -0.25) is 9.59 Å². The molecule has 4 N–H and O–H groups in total. The Bertz CT molecular complexity index is 314. The SMILES string of the molecule is CC(CN)(NC(=O)[C@@H]1CCC(=O)N1)C1CC1. The molecule has 2 rings (SSSR count). The van der Waals surface area contributed by atoms with Crippen molar-refractivity contribution in [3.8, 4) is 0 Å². The second kappa shape index (κ2) is 4.05. The Hall–Kier alpha value is -1.10. The topological polar surface area (TPSA) is 84.2 Å². The molecule has 2 atom stereocenters. The molecule has 1 saturated carbocycles. The molecular weight excluding hydrogens is 206 g/mol. The van der Waals surface area contributed by atoms with Crippen LogP contribution in [0.3, 0.4) is 0 Å². The molecule has 1 saturated heterocycles. The van der Waals surface area contributed by atoms with E-state index in [1.807, 2.05) is 6.92 Å². The highest BCUT2D eigenvalue weighted by atomic mass is 16.2. The summed E-state index contributed by atoms with van der Waals surface area (Å²) in [7, 11) is 0. The van der Waals surface area contributed by atoms with E-state index < -0.39 is 0 Å². The summed E-state index contributed by atoms with van der Waals surface area (Å²) in [6.07, 6.45) is 3.30. The molecule has 5 nitrogen and oxygen atoms in total. The molecule has 2 amide bonds. The summed E-state index contributed by atoms with van der Waals surface area (Å²) < 4.78 is 0. The van der Waals surface area contributed by atoms with Crippen LogP contribution in [0.5, 0.6) is 0 Å². The molecule has 0 spiro atoms. The summed E-state index contributed by atoms with van der Waals surface area (Å²) >= 11 is 0. The number of hydrogen-bond donors (Lipinski definition) is 3. The molecule has 0 aromatic heterocycles. The molecule has 0 aromatic rings. The van der Waals surface area contributed by atoms with Crippen LogP contribution in [0, 0.1) is 5.92 Å². The van der Waals surface area contributed by atoms with Gasteiger partial charge in [-0.15, -0.1) is 0 Å². The minimum Gasteiger partial charge on any atom is -0.348 e. The van der Waals surface area contributed by atoms with Crippen LogP contribution in [-0.2, 0) is 9.59 Å². The van der Waals surface area contributed by atoms with Crippen molar-refractivity contribution < 1.29 is 9.59 Å². The number of amides is 2. The van der Waals surface area contributed by atoms with E-state index in [2.05, 4.69) is 10.6 Å². The van der Waals surface area contributed by atoms with E-state index in [1.54, 1.807) is 0 Å². The second-order valence-electron chi connectivity index (χ2n) is 5.04. The average Bonchev–Trinajstić information content (AvgIpc) is 3.02. The minimum atomic E-state index is -0.364. The van der Waals surface area contributed by atoms with Crippen molar-refractivity contribution in [2.45, 2.75) is 44.2 Å². The maximum Gasteiger partial charge on any atom is 0.243 e. The highest BCUT2D eigenvalue weighted by Gasteiger charge is 2.43. The lowest BCUT2D eigenvalue weighted by Crippen LogP contribution is -2.57. The van der Waals surface area contributed by atoms with E-state index >= 15 is 0 Å². The number of nitrogens with one attached hydrogen (secondary N) is 2. The van der Waals surface area contributed by atoms with Gasteiger partial charge in [0.15, 0.2) is 0 Å². The molecule has 5 heteroatoms. The molecule has 2 fully saturated rings. The van der Waals surface area contributed by atoms with Crippen molar-refractivity contribution in [2.24, 2.45) is 11.7 Å². The van der Waals surface area contributed by atoms with Gasteiger partial charge in [0.2, 0.25) is 11.8 Å². The Morgan fingerprint density at radius 2 is 2.25 bits per heavy atom. The predicted octanol–water partition coefficient (Wildman–Crippen LogP) is -0.491. The number of hydrogen-bond acceptors (Lipinski definition) is 3. The Balaban J connectivity index is 1.92. The molecule has 1 aliphatic heterocycles. The van der Waals surface area contributed by atoms with Crippen LogP contribution in [0.25, 0.3) is 0 Å². The lowest BCUT2D eigenvalue weighted by molar-refractivity contribution is -0.127. The van der Waals surface area contributed by atoms with Crippen LogP contribution in [0.1, 0.15) is 32.6 Å². The molecule has 16 heavy (non-hydrogen) atoms. The maximum atomic E-state index is 11.9. The van der Waals surface area contributed by atoms with Gasteiger partial charge in [-0.25, -0.2) is 0 Å². The first kappa shape index (κ1) is 11.4. The third-order valence-corrected chi connectivity index (χ3v) is 3.62. The van der Waals surface area contributed by atoms with Gasteiger partial charge in [0.25, 0.3) is 0 Å². The molecule has 2 aliphatic rings. The molecule has 0 radical (unpaired) electrons. The van der Waals surface area contributed by atoms with Crippen LogP contribution in [-0.4, -0.2) is 29.9 Å². The summed E-state index contributed by atoms with van der Waals surface area (Å²) in [6, 6.07) is -0.364. The van der Waals surface area contributed by atoms with E-state index in [1.165, 1.54) is 0 Å². The predicted molar refractivity (Wildman–Crippen MR) is 59.5 cm³/mol. The van der Waals surface area contributed by atoms with E-state index in [0.717, 1.165) is 12.8 Å². The second-order valence-corrected chi connectivity index (χ2v) is 5.04.